The fourth-order valence-corrected chi connectivity index (χ4v) is 4.37. The first kappa shape index (κ1) is 18.7. The lowest BCUT2D eigenvalue weighted by Gasteiger charge is -2.46. The summed E-state index contributed by atoms with van der Waals surface area (Å²) in [6.07, 6.45) is 4.52. The Morgan fingerprint density at radius 2 is 2.00 bits per heavy atom. The molecule has 2 aromatic rings. The van der Waals surface area contributed by atoms with E-state index >= 15 is 0 Å². The zero-order valence-corrected chi connectivity index (χ0v) is 16.0. The number of likely N-dealkylation sites (tertiary alicyclic amines) is 1. The molecule has 7 nitrogen and oxygen atoms in total. The highest BCUT2D eigenvalue weighted by atomic mass is 16.3. The van der Waals surface area contributed by atoms with Crippen molar-refractivity contribution in [1.29, 1.82) is 0 Å². The van der Waals surface area contributed by atoms with E-state index in [1.54, 1.807) is 15.8 Å². The number of aryl methyl sites for hydroxylation is 1. The summed E-state index contributed by atoms with van der Waals surface area (Å²) in [4.78, 5) is 27.3. The second kappa shape index (κ2) is 7.39. The highest BCUT2D eigenvalue weighted by molar-refractivity contribution is 5.85. The number of benzene rings is 1. The van der Waals surface area contributed by atoms with Gasteiger partial charge in [0.15, 0.2) is 0 Å². The molecule has 2 aliphatic rings. The Kier molecular flexibility index (Phi) is 4.93. The van der Waals surface area contributed by atoms with Crippen molar-refractivity contribution in [2.75, 3.05) is 13.1 Å². The summed E-state index contributed by atoms with van der Waals surface area (Å²) in [7, 11) is 0. The van der Waals surface area contributed by atoms with Crippen LogP contribution in [0.1, 0.15) is 36.4 Å². The normalized spacial score (nSPS) is 24.2. The number of aliphatic hydroxyl groups is 1. The van der Waals surface area contributed by atoms with E-state index in [0.29, 0.717) is 32.4 Å². The van der Waals surface area contributed by atoms with E-state index in [1.807, 2.05) is 43.5 Å². The number of hydrogen-bond donors (Lipinski definition) is 2. The Bertz CT molecular complexity index is 856. The van der Waals surface area contributed by atoms with Gasteiger partial charge >= 0.3 is 0 Å². The Hall–Kier alpha value is -2.67. The van der Waals surface area contributed by atoms with Crippen LogP contribution in [0.2, 0.25) is 0 Å². The van der Waals surface area contributed by atoms with Crippen LogP contribution >= 0.6 is 0 Å². The maximum absolute atomic E-state index is 12.9. The van der Waals surface area contributed by atoms with Crippen molar-refractivity contribution >= 4 is 11.8 Å². The fourth-order valence-electron chi connectivity index (χ4n) is 4.37. The number of carbonyl (C=O) groups is 2. The minimum absolute atomic E-state index is 0.0110. The van der Waals surface area contributed by atoms with Gasteiger partial charge in [0.2, 0.25) is 11.8 Å². The molecule has 2 amide bonds. The molecule has 2 aliphatic heterocycles. The lowest BCUT2D eigenvalue weighted by atomic mass is 9.69. The van der Waals surface area contributed by atoms with Crippen LogP contribution in [0.4, 0.5) is 0 Å². The molecule has 2 fully saturated rings. The number of aromatic nitrogens is 2. The molecule has 2 saturated heterocycles. The van der Waals surface area contributed by atoms with Crippen molar-refractivity contribution in [2.45, 2.75) is 44.9 Å². The Morgan fingerprint density at radius 1 is 1.29 bits per heavy atom. The maximum atomic E-state index is 12.9. The predicted molar refractivity (Wildman–Crippen MR) is 103 cm³/mol. The third-order valence-corrected chi connectivity index (χ3v) is 6.04. The first-order valence-electron chi connectivity index (χ1n) is 9.78. The first-order valence-corrected chi connectivity index (χ1v) is 9.78. The molecule has 1 spiro atoms. The lowest BCUT2D eigenvalue weighted by Crippen LogP contribution is -2.57. The summed E-state index contributed by atoms with van der Waals surface area (Å²) in [5.74, 6) is -0.00155. The average molecular weight is 382 g/mol. The van der Waals surface area contributed by atoms with E-state index in [1.165, 1.54) is 0 Å². The third-order valence-electron chi connectivity index (χ3n) is 6.04. The van der Waals surface area contributed by atoms with Gasteiger partial charge in [-0.1, -0.05) is 30.3 Å². The largest absolute Gasteiger partial charge is 0.391 e. The highest BCUT2D eigenvalue weighted by Crippen LogP contribution is 2.42. The first-order chi connectivity index (χ1) is 13.5. The Morgan fingerprint density at radius 3 is 2.64 bits per heavy atom. The predicted octanol–water partition coefficient (Wildman–Crippen LogP) is 1.42. The van der Waals surface area contributed by atoms with Gasteiger partial charge in [0.05, 0.1) is 23.8 Å². The van der Waals surface area contributed by atoms with Crippen LogP contribution in [0.5, 0.6) is 0 Å². The van der Waals surface area contributed by atoms with Crippen molar-refractivity contribution in [3.05, 3.63) is 53.9 Å². The summed E-state index contributed by atoms with van der Waals surface area (Å²) >= 11 is 0. The van der Waals surface area contributed by atoms with Crippen LogP contribution in [-0.4, -0.2) is 50.8 Å². The van der Waals surface area contributed by atoms with Gasteiger partial charge in [-0.05, 0) is 37.3 Å². The monoisotopic (exact) mass is 382 g/mol. The molecule has 7 heteroatoms. The van der Waals surface area contributed by atoms with Gasteiger partial charge in [0.1, 0.15) is 6.54 Å². The molecule has 0 bridgehead atoms. The molecule has 28 heavy (non-hydrogen) atoms. The van der Waals surface area contributed by atoms with Crippen molar-refractivity contribution < 1.29 is 14.7 Å². The number of amides is 2. The Labute approximate surface area is 164 Å². The molecule has 1 aromatic heterocycles. The summed E-state index contributed by atoms with van der Waals surface area (Å²) in [6, 6.07) is 9.20. The smallest absolute Gasteiger partial charge is 0.244 e. The molecule has 148 valence electrons. The van der Waals surface area contributed by atoms with Crippen LogP contribution in [0.15, 0.2) is 42.7 Å². The van der Waals surface area contributed by atoms with Crippen LogP contribution in [0, 0.1) is 12.3 Å². The van der Waals surface area contributed by atoms with Crippen LogP contribution in [0.3, 0.4) is 0 Å². The highest BCUT2D eigenvalue weighted by Gasteiger charge is 2.49. The summed E-state index contributed by atoms with van der Waals surface area (Å²) < 4.78 is 1.64. The second-order valence-corrected chi connectivity index (χ2v) is 8.01. The van der Waals surface area contributed by atoms with Gasteiger partial charge in [0.25, 0.3) is 0 Å². The number of nitrogens with zero attached hydrogens (tertiary/aromatic N) is 3. The van der Waals surface area contributed by atoms with Crippen molar-refractivity contribution in [1.82, 2.24) is 20.0 Å². The lowest BCUT2D eigenvalue weighted by molar-refractivity contribution is -0.148. The van der Waals surface area contributed by atoms with Crippen LogP contribution < -0.4 is 5.32 Å². The number of hydrogen-bond acceptors (Lipinski definition) is 4. The molecule has 0 unspecified atom stereocenters. The van der Waals surface area contributed by atoms with Gasteiger partial charge in [-0.2, -0.15) is 5.10 Å². The van der Waals surface area contributed by atoms with Crippen LogP contribution in [-0.2, 0) is 16.1 Å². The number of carbonyl (C=O) groups excluding carboxylic acids is 2. The van der Waals surface area contributed by atoms with Gasteiger partial charge in [-0.25, -0.2) is 0 Å². The molecule has 2 N–H and O–H groups in total. The van der Waals surface area contributed by atoms with E-state index < -0.39 is 11.5 Å². The zero-order chi connectivity index (χ0) is 19.7. The molecule has 2 atom stereocenters. The van der Waals surface area contributed by atoms with Crippen LogP contribution in [0.25, 0.3) is 0 Å². The number of aliphatic hydroxyl groups excluding tert-OH is 1. The molecule has 0 saturated carbocycles. The molecular formula is C21H26N4O3. The maximum Gasteiger partial charge on any atom is 0.244 e. The third kappa shape index (κ3) is 3.54. The Balaban J connectivity index is 1.38. The van der Waals surface area contributed by atoms with E-state index in [4.69, 9.17) is 0 Å². The minimum Gasteiger partial charge on any atom is -0.391 e. The van der Waals surface area contributed by atoms with Crippen molar-refractivity contribution in [3.8, 4) is 0 Å². The molecule has 3 heterocycles. The minimum atomic E-state index is -0.630. The fraction of sp³-hybridized carbons (Fsp3) is 0.476. The number of nitrogens with one attached hydrogen (secondary N) is 1. The molecular weight excluding hydrogens is 356 g/mol. The number of piperidine rings is 2. The molecule has 4 rings (SSSR count). The zero-order valence-electron chi connectivity index (χ0n) is 16.0. The van der Waals surface area contributed by atoms with Crippen molar-refractivity contribution in [3.63, 3.8) is 0 Å². The van der Waals surface area contributed by atoms with E-state index in [9.17, 15) is 14.7 Å². The van der Waals surface area contributed by atoms with E-state index in [-0.39, 0.29) is 24.4 Å². The SMILES string of the molecule is Cc1cnn(CC(=O)N2CCC3(CC2)C[C@@H](O)[C@H](c2ccccc2)NC3=O)c1. The quantitative estimate of drug-likeness (QED) is 0.841. The molecule has 0 radical (unpaired) electrons. The summed E-state index contributed by atoms with van der Waals surface area (Å²) in [5, 5.41) is 17.9. The van der Waals surface area contributed by atoms with Gasteiger partial charge in [0, 0.05) is 19.3 Å². The summed E-state index contributed by atoms with van der Waals surface area (Å²) in [6.45, 7) is 3.20. The summed E-state index contributed by atoms with van der Waals surface area (Å²) in [5.41, 5.74) is 1.34. The van der Waals surface area contributed by atoms with Gasteiger partial charge in [-0.15, -0.1) is 0 Å². The standard InChI is InChI=1S/C21H26N4O3/c1-15-12-22-25(13-15)14-18(27)24-9-7-21(8-10-24)11-17(26)19(23-20(21)28)16-5-3-2-4-6-16/h2-6,12-13,17,19,26H,7-11,14H2,1H3,(H,23,28)/t17-,19+/m1/s1. The molecule has 0 aliphatic carbocycles. The van der Waals surface area contributed by atoms with E-state index in [2.05, 4.69) is 10.4 Å². The number of rotatable bonds is 3. The topological polar surface area (TPSA) is 87.5 Å². The van der Waals surface area contributed by atoms with E-state index in [0.717, 1.165) is 11.1 Å². The second-order valence-electron chi connectivity index (χ2n) is 8.01. The van der Waals surface area contributed by atoms with Gasteiger partial charge < -0.3 is 15.3 Å². The molecule has 1 aromatic carbocycles. The average Bonchev–Trinajstić information content (AvgIpc) is 3.10. The van der Waals surface area contributed by atoms with Crippen molar-refractivity contribution in [2.24, 2.45) is 5.41 Å². The van der Waals surface area contributed by atoms with Gasteiger partial charge in [-0.3, -0.25) is 14.3 Å².